The van der Waals surface area contributed by atoms with Crippen LogP contribution in [0.15, 0.2) is 42.5 Å². The van der Waals surface area contributed by atoms with Crippen molar-refractivity contribution in [3.05, 3.63) is 68.3 Å². The van der Waals surface area contributed by atoms with Crippen LogP contribution in [-0.4, -0.2) is 5.11 Å². The van der Waals surface area contributed by atoms with Crippen molar-refractivity contribution in [2.24, 2.45) is 0 Å². The van der Waals surface area contributed by atoms with Crippen molar-refractivity contribution in [3.63, 3.8) is 0 Å². The summed E-state index contributed by atoms with van der Waals surface area (Å²) in [5, 5.41) is 10.4. The molecule has 17 heavy (non-hydrogen) atoms. The molecule has 2 aromatic carbocycles. The fourth-order valence-corrected chi connectivity index (χ4v) is 2.49. The molecule has 1 atom stereocenters. The van der Waals surface area contributed by atoms with Gasteiger partial charge in [0.15, 0.2) is 0 Å². The summed E-state index contributed by atoms with van der Waals surface area (Å²) in [6, 6.07) is 14.0. The molecule has 1 unspecified atom stereocenters. The average Bonchev–Trinajstić information content (AvgIpc) is 2.32. The van der Waals surface area contributed by atoms with Gasteiger partial charge in [0.25, 0.3) is 0 Å². The SMILES string of the molecule is Cc1ccc(C(O)c2ccccc2I)cc1C. The van der Waals surface area contributed by atoms with E-state index < -0.39 is 6.10 Å². The Hall–Kier alpha value is -0.870. The van der Waals surface area contributed by atoms with E-state index in [1.54, 1.807) is 0 Å². The van der Waals surface area contributed by atoms with E-state index in [2.05, 4.69) is 48.6 Å². The first-order valence-corrected chi connectivity index (χ1v) is 6.67. The van der Waals surface area contributed by atoms with Crippen LogP contribution in [0.1, 0.15) is 28.4 Å². The number of aryl methyl sites for hydroxylation is 2. The van der Waals surface area contributed by atoms with Crippen LogP contribution in [0.2, 0.25) is 0 Å². The van der Waals surface area contributed by atoms with Crippen molar-refractivity contribution in [1.29, 1.82) is 0 Å². The monoisotopic (exact) mass is 338 g/mol. The molecule has 0 aromatic heterocycles. The Labute approximate surface area is 116 Å². The molecule has 0 aliphatic carbocycles. The first kappa shape index (κ1) is 12.6. The van der Waals surface area contributed by atoms with Gasteiger partial charge in [-0.15, -0.1) is 0 Å². The second-order valence-corrected chi connectivity index (χ2v) is 5.43. The van der Waals surface area contributed by atoms with Crippen LogP contribution in [0, 0.1) is 17.4 Å². The molecule has 0 fully saturated rings. The van der Waals surface area contributed by atoms with Crippen molar-refractivity contribution in [2.75, 3.05) is 0 Å². The zero-order valence-electron chi connectivity index (χ0n) is 9.94. The third-order valence-electron chi connectivity index (χ3n) is 3.05. The molecule has 1 nitrogen and oxygen atoms in total. The van der Waals surface area contributed by atoms with Crippen LogP contribution in [0.5, 0.6) is 0 Å². The maximum atomic E-state index is 10.4. The largest absolute Gasteiger partial charge is 0.384 e. The van der Waals surface area contributed by atoms with Gasteiger partial charge in [0.05, 0.1) is 0 Å². The maximum absolute atomic E-state index is 10.4. The van der Waals surface area contributed by atoms with Crippen LogP contribution in [0.4, 0.5) is 0 Å². The molecule has 0 radical (unpaired) electrons. The van der Waals surface area contributed by atoms with E-state index in [1.807, 2.05) is 30.3 Å². The van der Waals surface area contributed by atoms with E-state index in [0.717, 1.165) is 14.7 Å². The minimum absolute atomic E-state index is 0.539. The Bertz CT molecular complexity index is 534. The second-order valence-electron chi connectivity index (χ2n) is 4.27. The van der Waals surface area contributed by atoms with E-state index in [9.17, 15) is 5.11 Å². The number of rotatable bonds is 2. The van der Waals surface area contributed by atoms with Crippen LogP contribution < -0.4 is 0 Å². The zero-order valence-corrected chi connectivity index (χ0v) is 12.1. The Morgan fingerprint density at radius 3 is 2.35 bits per heavy atom. The fourth-order valence-electron chi connectivity index (χ4n) is 1.81. The highest BCUT2D eigenvalue weighted by molar-refractivity contribution is 14.1. The lowest BCUT2D eigenvalue weighted by Crippen LogP contribution is -2.02. The first-order chi connectivity index (χ1) is 8.09. The summed E-state index contributed by atoms with van der Waals surface area (Å²) in [6.07, 6.45) is -0.539. The fraction of sp³-hybridized carbons (Fsp3) is 0.200. The molecule has 2 aromatic rings. The highest BCUT2D eigenvalue weighted by Crippen LogP contribution is 2.27. The van der Waals surface area contributed by atoms with E-state index in [1.165, 1.54) is 11.1 Å². The van der Waals surface area contributed by atoms with Gasteiger partial charge in [0.1, 0.15) is 6.10 Å². The van der Waals surface area contributed by atoms with Gasteiger partial charge in [0, 0.05) is 3.57 Å². The summed E-state index contributed by atoms with van der Waals surface area (Å²) < 4.78 is 1.09. The molecule has 88 valence electrons. The molecule has 2 heteroatoms. The molecule has 0 spiro atoms. The van der Waals surface area contributed by atoms with E-state index in [0.29, 0.717) is 0 Å². The molecule has 1 N–H and O–H groups in total. The molecule has 0 bridgehead atoms. The van der Waals surface area contributed by atoms with Gasteiger partial charge < -0.3 is 5.11 Å². The highest BCUT2D eigenvalue weighted by Gasteiger charge is 2.13. The number of aliphatic hydroxyl groups excluding tert-OH is 1. The topological polar surface area (TPSA) is 20.2 Å². The number of aliphatic hydroxyl groups is 1. The molecular formula is C15H15IO. The third kappa shape index (κ3) is 2.69. The van der Waals surface area contributed by atoms with Crippen LogP contribution in [0.3, 0.4) is 0 Å². The van der Waals surface area contributed by atoms with E-state index in [4.69, 9.17) is 0 Å². The van der Waals surface area contributed by atoms with E-state index in [-0.39, 0.29) is 0 Å². The number of halogens is 1. The van der Waals surface area contributed by atoms with Gasteiger partial charge >= 0.3 is 0 Å². The van der Waals surface area contributed by atoms with Crippen LogP contribution in [-0.2, 0) is 0 Å². The van der Waals surface area contributed by atoms with Crippen molar-refractivity contribution in [1.82, 2.24) is 0 Å². The summed E-state index contributed by atoms with van der Waals surface area (Å²) >= 11 is 2.26. The Morgan fingerprint density at radius 2 is 1.71 bits per heavy atom. The van der Waals surface area contributed by atoms with Gasteiger partial charge in [-0.05, 0) is 64.8 Å². The molecule has 0 heterocycles. The minimum atomic E-state index is -0.539. The van der Waals surface area contributed by atoms with Gasteiger partial charge in [0.2, 0.25) is 0 Å². The lowest BCUT2D eigenvalue weighted by atomic mass is 9.98. The Balaban J connectivity index is 2.40. The Morgan fingerprint density at radius 1 is 1.00 bits per heavy atom. The van der Waals surface area contributed by atoms with Gasteiger partial charge in [-0.1, -0.05) is 36.4 Å². The quantitative estimate of drug-likeness (QED) is 0.821. The molecule has 0 saturated carbocycles. The van der Waals surface area contributed by atoms with Crippen molar-refractivity contribution >= 4 is 22.6 Å². The maximum Gasteiger partial charge on any atom is 0.105 e. The second kappa shape index (κ2) is 5.19. The molecule has 0 aliphatic heterocycles. The summed E-state index contributed by atoms with van der Waals surface area (Å²) in [7, 11) is 0. The van der Waals surface area contributed by atoms with Gasteiger partial charge in [-0.2, -0.15) is 0 Å². The van der Waals surface area contributed by atoms with Gasteiger partial charge in [-0.25, -0.2) is 0 Å². The predicted molar refractivity (Wildman–Crippen MR) is 79.1 cm³/mol. The smallest absolute Gasteiger partial charge is 0.105 e. The molecule has 0 saturated heterocycles. The predicted octanol–water partition coefficient (Wildman–Crippen LogP) is 3.99. The average molecular weight is 338 g/mol. The van der Waals surface area contributed by atoms with E-state index >= 15 is 0 Å². The van der Waals surface area contributed by atoms with Crippen molar-refractivity contribution < 1.29 is 5.11 Å². The highest BCUT2D eigenvalue weighted by atomic mass is 127. The number of benzene rings is 2. The summed E-state index contributed by atoms with van der Waals surface area (Å²) in [5.74, 6) is 0. The number of hydrogen-bond donors (Lipinski definition) is 1. The van der Waals surface area contributed by atoms with Crippen molar-refractivity contribution in [3.8, 4) is 0 Å². The standard InChI is InChI=1S/C15H15IO/c1-10-7-8-12(9-11(10)2)15(17)13-5-3-4-6-14(13)16/h3-9,15,17H,1-2H3. The lowest BCUT2D eigenvalue weighted by Gasteiger charge is -2.14. The summed E-state index contributed by atoms with van der Waals surface area (Å²) in [4.78, 5) is 0. The van der Waals surface area contributed by atoms with Crippen LogP contribution in [0.25, 0.3) is 0 Å². The van der Waals surface area contributed by atoms with Crippen molar-refractivity contribution in [2.45, 2.75) is 20.0 Å². The molecule has 0 amide bonds. The van der Waals surface area contributed by atoms with Crippen LogP contribution >= 0.6 is 22.6 Å². The lowest BCUT2D eigenvalue weighted by molar-refractivity contribution is 0.219. The Kier molecular flexibility index (Phi) is 3.84. The minimum Gasteiger partial charge on any atom is -0.384 e. The normalized spacial score (nSPS) is 12.5. The van der Waals surface area contributed by atoms with Gasteiger partial charge in [-0.3, -0.25) is 0 Å². The molecule has 2 rings (SSSR count). The summed E-state index contributed by atoms with van der Waals surface area (Å²) in [6.45, 7) is 4.15. The summed E-state index contributed by atoms with van der Waals surface area (Å²) in [5.41, 5.74) is 4.39. The molecular weight excluding hydrogens is 323 g/mol. The molecule has 0 aliphatic rings. The first-order valence-electron chi connectivity index (χ1n) is 5.59. The zero-order chi connectivity index (χ0) is 12.4. The third-order valence-corrected chi connectivity index (χ3v) is 4.03. The number of hydrogen-bond acceptors (Lipinski definition) is 1.